The average Bonchev–Trinajstić information content (AvgIpc) is 3.31. The van der Waals surface area contributed by atoms with Gasteiger partial charge in [-0.25, -0.2) is 4.39 Å². The van der Waals surface area contributed by atoms with Crippen molar-refractivity contribution in [2.24, 2.45) is 16.3 Å². The topological polar surface area (TPSA) is 86.9 Å². The summed E-state index contributed by atoms with van der Waals surface area (Å²) in [7, 11) is 1.72. The third kappa shape index (κ3) is 3.84. The molecular formula is C26H31FN4O2. The third-order valence-corrected chi connectivity index (χ3v) is 7.70. The number of hydrogen-bond acceptors (Lipinski definition) is 4. The normalized spacial score (nSPS) is 26.0. The van der Waals surface area contributed by atoms with Crippen LogP contribution in [0.2, 0.25) is 0 Å². The van der Waals surface area contributed by atoms with Crippen molar-refractivity contribution in [1.29, 1.82) is 0 Å². The number of methoxy groups -OCH3 is 1. The van der Waals surface area contributed by atoms with Gasteiger partial charge in [-0.15, -0.1) is 0 Å². The zero-order chi connectivity index (χ0) is 23.2. The first-order valence-electron chi connectivity index (χ1n) is 11.5. The minimum absolute atomic E-state index is 0.0889. The number of likely N-dealkylation sites (tertiary alicyclic amines) is 1. The molecule has 1 atom stereocenters. The molecule has 6 nitrogen and oxygen atoms in total. The van der Waals surface area contributed by atoms with Crippen LogP contribution < -0.4 is 10.5 Å². The van der Waals surface area contributed by atoms with Crippen molar-refractivity contribution >= 4 is 16.7 Å². The molecule has 0 amide bonds. The number of nitrogens with zero attached hydrogens (tertiary/aromatic N) is 2. The minimum atomic E-state index is -0.670. The lowest BCUT2D eigenvalue weighted by Gasteiger charge is -2.53. The molecule has 0 unspecified atom stereocenters. The Morgan fingerprint density at radius 2 is 2.03 bits per heavy atom. The predicted octanol–water partition coefficient (Wildman–Crippen LogP) is 5.03. The summed E-state index contributed by atoms with van der Waals surface area (Å²) in [6.07, 6.45) is 4.57. The van der Waals surface area contributed by atoms with Crippen molar-refractivity contribution in [3.63, 3.8) is 0 Å². The molecule has 1 aromatic heterocycles. The fourth-order valence-corrected chi connectivity index (χ4v) is 5.86. The minimum Gasteiger partial charge on any atom is -0.496 e. The highest BCUT2D eigenvalue weighted by molar-refractivity contribution is 5.97. The first-order chi connectivity index (χ1) is 15.9. The maximum absolute atomic E-state index is 13.9. The van der Waals surface area contributed by atoms with Gasteiger partial charge >= 0.3 is 0 Å². The number of rotatable bonds is 5. The van der Waals surface area contributed by atoms with Gasteiger partial charge in [0.05, 0.1) is 7.11 Å². The molecule has 2 aliphatic rings. The van der Waals surface area contributed by atoms with Crippen molar-refractivity contribution < 1.29 is 14.3 Å². The van der Waals surface area contributed by atoms with E-state index in [0.29, 0.717) is 18.4 Å². The van der Waals surface area contributed by atoms with E-state index in [2.05, 4.69) is 34.1 Å². The van der Waals surface area contributed by atoms with Crippen LogP contribution in [0.25, 0.3) is 10.9 Å². The summed E-state index contributed by atoms with van der Waals surface area (Å²) in [6.45, 7) is 3.74. The van der Waals surface area contributed by atoms with Crippen molar-refractivity contribution in [2.45, 2.75) is 51.4 Å². The van der Waals surface area contributed by atoms with Crippen LogP contribution in [0.4, 0.5) is 4.39 Å². The average molecular weight is 451 g/mol. The third-order valence-electron chi connectivity index (χ3n) is 7.70. The van der Waals surface area contributed by atoms with Crippen LogP contribution in [0.3, 0.4) is 0 Å². The van der Waals surface area contributed by atoms with Gasteiger partial charge in [-0.3, -0.25) is 4.90 Å². The van der Waals surface area contributed by atoms with Crippen LogP contribution >= 0.6 is 0 Å². The van der Waals surface area contributed by atoms with Gasteiger partial charge in [0.2, 0.25) is 0 Å². The Kier molecular flexibility index (Phi) is 5.52. The van der Waals surface area contributed by atoms with Crippen molar-refractivity contribution in [3.05, 3.63) is 64.8 Å². The first kappa shape index (κ1) is 21.8. The van der Waals surface area contributed by atoms with Crippen LogP contribution in [0.1, 0.15) is 54.0 Å². The SMILES string of the molecule is COc1cc(C)c2[nH]ccc2c1CN1CCC2(CC(F)C2)C[C@H]1c1ccc(/C(N)=N/O)cc1. The monoisotopic (exact) mass is 450 g/mol. The number of aromatic nitrogens is 1. The summed E-state index contributed by atoms with van der Waals surface area (Å²) in [5.74, 6) is 0.991. The summed E-state index contributed by atoms with van der Waals surface area (Å²) >= 11 is 0. The van der Waals surface area contributed by atoms with Gasteiger partial charge in [-0.1, -0.05) is 29.4 Å². The second-order valence-corrected chi connectivity index (χ2v) is 9.69. The second-order valence-electron chi connectivity index (χ2n) is 9.69. The molecule has 2 fully saturated rings. The number of alkyl halides is 1. The fraction of sp³-hybridized carbons (Fsp3) is 0.423. The Bertz CT molecular complexity index is 1180. The molecule has 174 valence electrons. The number of benzene rings is 2. The van der Waals surface area contributed by atoms with Gasteiger partial charge in [0.25, 0.3) is 0 Å². The number of nitrogens with two attached hydrogens (primary N) is 1. The number of amidine groups is 1. The van der Waals surface area contributed by atoms with Crippen LogP contribution in [0, 0.1) is 12.3 Å². The molecule has 4 N–H and O–H groups in total. The van der Waals surface area contributed by atoms with E-state index in [9.17, 15) is 4.39 Å². The van der Waals surface area contributed by atoms with Gasteiger partial charge < -0.3 is 20.7 Å². The zero-order valence-electron chi connectivity index (χ0n) is 19.1. The summed E-state index contributed by atoms with van der Waals surface area (Å²) in [5.41, 5.74) is 11.2. The van der Waals surface area contributed by atoms with Crippen molar-refractivity contribution in [3.8, 4) is 5.75 Å². The lowest BCUT2D eigenvalue weighted by Crippen LogP contribution is -2.49. The molecule has 1 saturated heterocycles. The first-order valence-corrected chi connectivity index (χ1v) is 11.5. The van der Waals surface area contributed by atoms with E-state index in [1.165, 1.54) is 16.5 Å². The number of nitrogens with one attached hydrogen (secondary N) is 1. The number of oxime groups is 1. The maximum atomic E-state index is 13.9. The highest BCUT2D eigenvalue weighted by atomic mass is 19.1. The van der Waals surface area contributed by atoms with Gasteiger partial charge in [0.15, 0.2) is 5.84 Å². The van der Waals surface area contributed by atoms with E-state index in [1.807, 2.05) is 30.5 Å². The predicted molar refractivity (Wildman–Crippen MR) is 127 cm³/mol. The summed E-state index contributed by atoms with van der Waals surface area (Å²) < 4.78 is 19.7. The maximum Gasteiger partial charge on any atom is 0.170 e. The Morgan fingerprint density at radius 3 is 2.70 bits per heavy atom. The molecule has 7 heteroatoms. The zero-order valence-corrected chi connectivity index (χ0v) is 19.1. The largest absolute Gasteiger partial charge is 0.496 e. The molecular weight excluding hydrogens is 419 g/mol. The molecule has 33 heavy (non-hydrogen) atoms. The number of aromatic amines is 1. The van der Waals surface area contributed by atoms with Crippen LogP contribution in [0.15, 0.2) is 47.8 Å². The number of H-pyrrole nitrogens is 1. The van der Waals surface area contributed by atoms with Crippen LogP contribution in [-0.4, -0.2) is 40.8 Å². The molecule has 3 aromatic rings. The molecule has 1 aliphatic carbocycles. The quantitative estimate of drug-likeness (QED) is 0.220. The molecule has 1 saturated carbocycles. The molecule has 2 heterocycles. The van der Waals surface area contributed by atoms with Crippen LogP contribution in [-0.2, 0) is 6.54 Å². The Hall–Kier alpha value is -3.06. The second kappa shape index (κ2) is 8.37. The van der Waals surface area contributed by atoms with Gasteiger partial charge in [0, 0.05) is 40.8 Å². The Labute approximate surface area is 193 Å². The fourth-order valence-electron chi connectivity index (χ4n) is 5.86. The Balaban J connectivity index is 1.50. The van der Waals surface area contributed by atoms with E-state index >= 15 is 0 Å². The summed E-state index contributed by atoms with van der Waals surface area (Å²) in [5, 5.41) is 13.3. The Morgan fingerprint density at radius 1 is 1.27 bits per heavy atom. The van der Waals surface area contributed by atoms with Crippen molar-refractivity contribution in [1.82, 2.24) is 9.88 Å². The lowest BCUT2D eigenvalue weighted by molar-refractivity contribution is -0.0560. The highest BCUT2D eigenvalue weighted by Gasteiger charge is 2.49. The van der Waals surface area contributed by atoms with Gasteiger partial charge in [0.1, 0.15) is 11.9 Å². The number of aryl methyl sites for hydroxylation is 1. The number of hydrogen-bond donors (Lipinski definition) is 3. The van der Waals surface area contributed by atoms with Gasteiger partial charge in [-0.2, -0.15) is 0 Å². The molecule has 0 bridgehead atoms. The highest BCUT2D eigenvalue weighted by Crippen LogP contribution is 2.55. The molecule has 5 rings (SSSR count). The van der Waals surface area contributed by atoms with E-state index < -0.39 is 6.17 Å². The standard InChI is InChI=1S/C26H31FN4O2/c1-16-11-23(33-2)21(20-7-9-29-24(16)20)15-31-10-8-26(12-19(27)13-26)14-22(31)17-3-5-18(6-4-17)25(28)30-32/h3-7,9,11,19,22,29,32H,8,10,12-15H2,1-2H3,(H2,28,30)/t19?,22-,26?/m0/s1. The molecule has 1 spiro atoms. The number of piperidine rings is 1. The van der Waals surface area contributed by atoms with Gasteiger partial charge in [-0.05, 0) is 67.8 Å². The van der Waals surface area contributed by atoms with E-state index in [1.54, 1.807) is 7.11 Å². The van der Waals surface area contributed by atoms with Crippen molar-refractivity contribution in [2.75, 3.05) is 13.7 Å². The molecule has 0 radical (unpaired) electrons. The molecule has 2 aromatic carbocycles. The molecule has 1 aliphatic heterocycles. The van der Waals surface area contributed by atoms with E-state index in [-0.39, 0.29) is 17.3 Å². The summed E-state index contributed by atoms with van der Waals surface area (Å²) in [4.78, 5) is 5.85. The van der Waals surface area contributed by atoms with E-state index in [0.717, 1.165) is 42.8 Å². The smallest absolute Gasteiger partial charge is 0.170 e. The number of ether oxygens (including phenoxy) is 1. The van der Waals surface area contributed by atoms with Crippen LogP contribution in [0.5, 0.6) is 5.75 Å². The lowest BCUT2D eigenvalue weighted by atomic mass is 9.60. The number of fused-ring (bicyclic) bond motifs is 1. The number of halogens is 1. The van der Waals surface area contributed by atoms with E-state index in [4.69, 9.17) is 15.7 Å². The summed E-state index contributed by atoms with van der Waals surface area (Å²) in [6, 6.07) is 12.2.